The van der Waals surface area contributed by atoms with Crippen molar-refractivity contribution in [1.82, 2.24) is 20.6 Å². The van der Waals surface area contributed by atoms with Gasteiger partial charge in [-0.3, -0.25) is 24.1 Å². The molecule has 2 atom stereocenters. The highest BCUT2D eigenvalue weighted by molar-refractivity contribution is 6.01. The maximum Gasteiger partial charge on any atom is 0.334 e. The Morgan fingerprint density at radius 1 is 0.931 bits per heavy atom. The van der Waals surface area contributed by atoms with Gasteiger partial charge in [0, 0.05) is 44.4 Å². The number of piperidine rings is 1. The molecule has 10 nitrogen and oxygen atoms in total. The molecular formula is C19H30N4O6. The molecule has 2 heterocycles. The monoisotopic (exact) mass is 413 g/mol. The van der Waals surface area contributed by atoms with Gasteiger partial charge in [-0.2, -0.15) is 0 Å². The second kappa shape index (κ2) is 10.9. The Bertz CT molecular complexity index is 627. The summed E-state index contributed by atoms with van der Waals surface area (Å²) < 4.78 is 0. The summed E-state index contributed by atoms with van der Waals surface area (Å²) in [5.41, 5.74) is 0. The third-order valence-corrected chi connectivity index (χ3v) is 5.23. The normalized spacial score (nSPS) is 22.5. The van der Waals surface area contributed by atoms with Crippen LogP contribution in [-0.2, 0) is 28.8 Å². The average molecular weight is 413 g/mol. The van der Waals surface area contributed by atoms with E-state index in [4.69, 9.17) is 4.84 Å². The van der Waals surface area contributed by atoms with E-state index in [0.29, 0.717) is 23.7 Å². The van der Waals surface area contributed by atoms with Crippen molar-refractivity contribution in [2.75, 3.05) is 19.6 Å². The number of carbonyl (C=O) groups excluding carboxylic acids is 5. The van der Waals surface area contributed by atoms with Gasteiger partial charge in [-0.15, -0.1) is 5.06 Å². The number of carbonyl (C=O) groups is 5. The predicted octanol–water partition coefficient (Wildman–Crippen LogP) is -0.131. The third-order valence-electron chi connectivity index (χ3n) is 5.23. The molecule has 162 valence electrons. The summed E-state index contributed by atoms with van der Waals surface area (Å²) in [7, 11) is 0. The van der Waals surface area contributed by atoms with Crippen molar-refractivity contribution in [3.05, 3.63) is 0 Å². The first-order valence-electron chi connectivity index (χ1n) is 10.1. The minimum Gasteiger partial charge on any atom is -0.355 e. The second-order valence-electron chi connectivity index (χ2n) is 7.55. The molecule has 0 aromatic rings. The highest BCUT2D eigenvalue weighted by Gasteiger charge is 2.32. The highest BCUT2D eigenvalue weighted by Crippen LogP contribution is 2.21. The van der Waals surface area contributed by atoms with Gasteiger partial charge >= 0.3 is 5.97 Å². The first-order valence-corrected chi connectivity index (χ1v) is 10.1. The Hall–Kier alpha value is -2.49. The smallest absolute Gasteiger partial charge is 0.334 e. The Kier molecular flexibility index (Phi) is 8.56. The molecular weight excluding hydrogens is 383 g/mol. The van der Waals surface area contributed by atoms with Crippen LogP contribution in [0.25, 0.3) is 0 Å². The number of likely N-dealkylation sites (tertiary alicyclic amines) is 1. The maximum absolute atomic E-state index is 12.1. The molecule has 2 N–H and O–H groups in total. The zero-order chi connectivity index (χ0) is 21.4. The van der Waals surface area contributed by atoms with Gasteiger partial charge in [-0.1, -0.05) is 6.42 Å². The molecule has 0 bridgehead atoms. The van der Waals surface area contributed by atoms with Gasteiger partial charge in [0.15, 0.2) is 0 Å². The molecule has 2 aliphatic rings. The zero-order valence-corrected chi connectivity index (χ0v) is 17.1. The second-order valence-corrected chi connectivity index (χ2v) is 7.55. The Balaban J connectivity index is 1.56. The fourth-order valence-corrected chi connectivity index (χ4v) is 3.52. The minimum absolute atomic E-state index is 0.0185. The van der Waals surface area contributed by atoms with Crippen LogP contribution in [-0.4, -0.2) is 71.3 Å². The van der Waals surface area contributed by atoms with Crippen molar-refractivity contribution in [2.24, 2.45) is 0 Å². The fraction of sp³-hybridized carbons (Fsp3) is 0.737. The summed E-state index contributed by atoms with van der Waals surface area (Å²) in [4.78, 5) is 65.1. The lowest BCUT2D eigenvalue weighted by Crippen LogP contribution is -2.49. The van der Waals surface area contributed by atoms with Crippen LogP contribution < -0.4 is 10.6 Å². The van der Waals surface area contributed by atoms with E-state index in [9.17, 15) is 24.0 Å². The summed E-state index contributed by atoms with van der Waals surface area (Å²) in [6, 6.07) is 0.748. The van der Waals surface area contributed by atoms with Gasteiger partial charge in [0.2, 0.25) is 11.8 Å². The first-order chi connectivity index (χ1) is 13.8. The zero-order valence-electron chi connectivity index (χ0n) is 17.1. The molecule has 10 heteroatoms. The van der Waals surface area contributed by atoms with Crippen molar-refractivity contribution >= 4 is 29.6 Å². The van der Waals surface area contributed by atoms with Crippen LogP contribution in [0.2, 0.25) is 0 Å². The molecule has 0 aromatic heterocycles. The number of nitrogens with one attached hydrogen (secondary N) is 2. The number of imide groups is 1. The quantitative estimate of drug-likeness (QED) is 0.398. The molecule has 4 amide bonds. The molecule has 0 saturated carbocycles. The molecule has 2 aliphatic heterocycles. The van der Waals surface area contributed by atoms with Gasteiger partial charge in [0.05, 0.1) is 13.0 Å². The van der Waals surface area contributed by atoms with Crippen LogP contribution >= 0.6 is 0 Å². The highest BCUT2D eigenvalue weighted by atomic mass is 16.7. The largest absolute Gasteiger partial charge is 0.355 e. The molecule has 2 unspecified atom stereocenters. The van der Waals surface area contributed by atoms with Gasteiger partial charge in [0.25, 0.3) is 11.8 Å². The molecule has 2 saturated heterocycles. The van der Waals surface area contributed by atoms with E-state index in [0.717, 1.165) is 12.8 Å². The van der Waals surface area contributed by atoms with Crippen LogP contribution in [0.15, 0.2) is 0 Å². The summed E-state index contributed by atoms with van der Waals surface area (Å²) in [5.74, 6) is -2.28. The van der Waals surface area contributed by atoms with Gasteiger partial charge in [0.1, 0.15) is 0 Å². The lowest BCUT2D eigenvalue weighted by atomic mass is 10.0. The Morgan fingerprint density at radius 2 is 1.48 bits per heavy atom. The molecule has 0 spiro atoms. The van der Waals surface area contributed by atoms with Crippen LogP contribution in [0, 0.1) is 0 Å². The molecule has 2 fully saturated rings. The van der Waals surface area contributed by atoms with E-state index in [-0.39, 0.29) is 50.6 Å². The van der Waals surface area contributed by atoms with Crippen molar-refractivity contribution in [3.63, 3.8) is 0 Å². The van der Waals surface area contributed by atoms with Gasteiger partial charge in [-0.25, -0.2) is 4.79 Å². The lowest BCUT2D eigenvalue weighted by molar-refractivity contribution is -0.197. The summed E-state index contributed by atoms with van der Waals surface area (Å²) >= 11 is 0. The van der Waals surface area contributed by atoms with E-state index in [1.807, 2.05) is 0 Å². The van der Waals surface area contributed by atoms with E-state index in [1.165, 1.54) is 6.42 Å². The van der Waals surface area contributed by atoms with Gasteiger partial charge in [-0.05, 0) is 26.7 Å². The standard InChI is InChI=1S/C19H30N4O6/c1-13-4-3-5-14(2)22(13)12-16(25)21-10-8-15(24)20-11-9-19(28)29-23-17(26)6-7-18(23)27/h13-14H,3-12H2,1-2H3,(H,20,24)(H,21,25)/i20+1,21+1,22+1. The number of rotatable bonds is 9. The summed E-state index contributed by atoms with van der Waals surface area (Å²) in [6.45, 7) is 4.80. The molecule has 2 rings (SSSR count). The van der Waals surface area contributed by atoms with E-state index >= 15 is 0 Å². The Labute approximate surface area is 170 Å². The summed E-state index contributed by atoms with van der Waals surface area (Å²) in [6.07, 6.45) is 3.34. The van der Waals surface area contributed by atoms with Crippen LogP contribution in [0.1, 0.15) is 58.8 Å². The van der Waals surface area contributed by atoms with Crippen molar-refractivity contribution in [2.45, 2.75) is 70.9 Å². The first kappa shape index (κ1) is 22.8. The van der Waals surface area contributed by atoms with Crippen LogP contribution in [0.4, 0.5) is 0 Å². The number of hydroxylamine groups is 2. The molecule has 0 aliphatic carbocycles. The number of hydrogen-bond donors (Lipinski definition) is 2. The SMILES string of the molecule is CC1CCCC(C)[15N]1CC(=O)[15NH]CCC(=O)[15NH]CCC(=O)ON1C(=O)CCC1=O. The van der Waals surface area contributed by atoms with Crippen molar-refractivity contribution in [3.8, 4) is 0 Å². The van der Waals surface area contributed by atoms with E-state index in [1.54, 1.807) is 0 Å². The van der Waals surface area contributed by atoms with Crippen molar-refractivity contribution in [1.29, 1.82) is 0 Å². The number of hydrogen-bond acceptors (Lipinski definition) is 7. The van der Waals surface area contributed by atoms with Crippen LogP contribution in [0.5, 0.6) is 0 Å². The Morgan fingerprint density at radius 3 is 2.10 bits per heavy atom. The van der Waals surface area contributed by atoms with Gasteiger partial charge < -0.3 is 15.5 Å². The van der Waals surface area contributed by atoms with Crippen LogP contribution in [0.3, 0.4) is 0 Å². The van der Waals surface area contributed by atoms with E-state index in [2.05, 4.69) is 29.4 Å². The van der Waals surface area contributed by atoms with E-state index < -0.39 is 17.8 Å². The predicted molar refractivity (Wildman–Crippen MR) is 102 cm³/mol. The summed E-state index contributed by atoms with van der Waals surface area (Å²) in [5, 5.41) is 5.76. The molecule has 0 aromatic carbocycles. The topological polar surface area (TPSA) is 125 Å². The lowest BCUT2D eigenvalue weighted by Gasteiger charge is -2.38. The number of amides is 4. The average Bonchev–Trinajstić information content (AvgIpc) is 2.97. The molecule has 0 radical (unpaired) electrons. The minimum atomic E-state index is -0.771. The molecule has 29 heavy (non-hydrogen) atoms. The fourth-order valence-electron chi connectivity index (χ4n) is 3.52. The third kappa shape index (κ3) is 7.12. The number of nitrogens with zero attached hydrogens (tertiary/aromatic N) is 2. The maximum atomic E-state index is 12.1. The van der Waals surface area contributed by atoms with Crippen molar-refractivity contribution < 1.29 is 28.8 Å².